The van der Waals surface area contributed by atoms with Gasteiger partial charge in [-0.2, -0.15) is 0 Å². The maximum Gasteiger partial charge on any atom is 0.237 e. The van der Waals surface area contributed by atoms with Crippen LogP contribution in [0.2, 0.25) is 0 Å². The van der Waals surface area contributed by atoms with Gasteiger partial charge in [0.05, 0.1) is 12.1 Å². The Hall–Kier alpha value is -1.46. The van der Waals surface area contributed by atoms with Crippen LogP contribution in [0.15, 0.2) is 18.2 Å². The number of hydrogen-bond acceptors (Lipinski definition) is 3. The predicted molar refractivity (Wildman–Crippen MR) is 65.4 cm³/mol. The summed E-state index contributed by atoms with van der Waals surface area (Å²) in [4.78, 5) is 11.8. The smallest absolute Gasteiger partial charge is 0.237 e. The van der Waals surface area contributed by atoms with Gasteiger partial charge in [-0.15, -0.1) is 0 Å². The van der Waals surface area contributed by atoms with Crippen molar-refractivity contribution in [2.24, 2.45) is 0 Å². The summed E-state index contributed by atoms with van der Waals surface area (Å²) in [6.07, 6.45) is -0.0114. The normalized spacial score (nSPS) is 23.1. The average molecular weight is 252 g/mol. The van der Waals surface area contributed by atoms with Crippen LogP contribution in [-0.2, 0) is 11.3 Å². The molecule has 5 heteroatoms. The Bertz CT molecular complexity index is 451. The summed E-state index contributed by atoms with van der Waals surface area (Å²) in [5.74, 6) is -0.376. The number of aliphatic hydroxyl groups is 1. The number of aliphatic hydroxyl groups excluding tert-OH is 1. The van der Waals surface area contributed by atoms with E-state index in [4.69, 9.17) is 0 Å². The average Bonchev–Trinajstić information content (AvgIpc) is 2.77. The van der Waals surface area contributed by atoms with Crippen molar-refractivity contribution in [2.75, 3.05) is 6.54 Å². The molecule has 1 aliphatic rings. The quantitative estimate of drug-likeness (QED) is 0.733. The number of nitrogens with one attached hydrogen (secondary N) is 2. The standard InChI is InChI=1S/C13H17FN2O2/c1-8-4-9(2-3-11(8)14)6-16-13(18)12-5-10(17)7-15-12/h2-4,10,12,15,17H,5-7H2,1H3,(H,16,18)/t10-,12-/m1/s1. The van der Waals surface area contributed by atoms with E-state index in [1.807, 2.05) is 0 Å². The Morgan fingerprint density at radius 1 is 1.61 bits per heavy atom. The van der Waals surface area contributed by atoms with E-state index < -0.39 is 6.10 Å². The van der Waals surface area contributed by atoms with Crippen LogP contribution in [0.25, 0.3) is 0 Å². The van der Waals surface area contributed by atoms with Crippen LogP contribution in [0.1, 0.15) is 17.5 Å². The van der Waals surface area contributed by atoms with Crippen LogP contribution < -0.4 is 10.6 Å². The molecule has 18 heavy (non-hydrogen) atoms. The third-order valence-electron chi connectivity index (χ3n) is 3.11. The van der Waals surface area contributed by atoms with E-state index in [1.165, 1.54) is 6.07 Å². The number of rotatable bonds is 3. The Labute approximate surface area is 105 Å². The van der Waals surface area contributed by atoms with E-state index >= 15 is 0 Å². The molecule has 0 bridgehead atoms. The number of carbonyl (C=O) groups is 1. The third kappa shape index (κ3) is 3.05. The highest BCUT2D eigenvalue weighted by atomic mass is 19.1. The lowest BCUT2D eigenvalue weighted by Gasteiger charge is -2.11. The van der Waals surface area contributed by atoms with Gasteiger partial charge in [0.1, 0.15) is 5.82 Å². The van der Waals surface area contributed by atoms with Gasteiger partial charge >= 0.3 is 0 Å². The number of carbonyl (C=O) groups excluding carboxylic acids is 1. The summed E-state index contributed by atoms with van der Waals surface area (Å²) in [5.41, 5.74) is 1.43. The topological polar surface area (TPSA) is 61.4 Å². The van der Waals surface area contributed by atoms with Crippen LogP contribution in [0.5, 0.6) is 0 Å². The highest BCUT2D eigenvalue weighted by Crippen LogP contribution is 2.10. The SMILES string of the molecule is Cc1cc(CNC(=O)[C@H]2C[C@@H](O)CN2)ccc1F. The molecular formula is C13H17FN2O2. The minimum absolute atomic E-state index is 0.131. The van der Waals surface area contributed by atoms with Gasteiger partial charge in [0.2, 0.25) is 5.91 Å². The van der Waals surface area contributed by atoms with Gasteiger partial charge in [-0.25, -0.2) is 4.39 Å². The van der Waals surface area contributed by atoms with Crippen molar-refractivity contribution in [3.63, 3.8) is 0 Å². The second kappa shape index (κ2) is 5.46. The maximum absolute atomic E-state index is 13.1. The molecule has 0 radical (unpaired) electrons. The lowest BCUT2D eigenvalue weighted by molar-refractivity contribution is -0.123. The summed E-state index contributed by atoms with van der Waals surface area (Å²) in [6.45, 7) is 2.51. The van der Waals surface area contributed by atoms with Crippen molar-refractivity contribution in [2.45, 2.75) is 32.0 Å². The second-order valence-electron chi connectivity index (χ2n) is 4.65. The number of aryl methyl sites for hydroxylation is 1. The largest absolute Gasteiger partial charge is 0.392 e. The van der Waals surface area contributed by atoms with Gasteiger partial charge in [0.25, 0.3) is 0 Å². The van der Waals surface area contributed by atoms with E-state index in [2.05, 4.69) is 10.6 Å². The number of β-amino-alcohol motifs (C(OH)–C–C–N with tert-alkyl or cyclic N) is 1. The van der Waals surface area contributed by atoms with Crippen LogP contribution >= 0.6 is 0 Å². The van der Waals surface area contributed by atoms with E-state index in [-0.39, 0.29) is 17.8 Å². The predicted octanol–water partition coefficient (Wildman–Crippen LogP) is 0.473. The van der Waals surface area contributed by atoms with E-state index in [0.717, 1.165) is 5.56 Å². The first-order valence-corrected chi connectivity index (χ1v) is 6.00. The van der Waals surface area contributed by atoms with Crippen molar-refractivity contribution in [3.8, 4) is 0 Å². The molecule has 1 aromatic rings. The summed E-state index contributed by atoms with van der Waals surface area (Å²) < 4.78 is 13.1. The van der Waals surface area contributed by atoms with Gasteiger partial charge in [-0.1, -0.05) is 12.1 Å². The van der Waals surface area contributed by atoms with E-state index in [9.17, 15) is 14.3 Å². The number of hydrogen-bond donors (Lipinski definition) is 3. The summed E-state index contributed by atoms with van der Waals surface area (Å²) in [5, 5.41) is 15.0. The van der Waals surface area contributed by atoms with Gasteiger partial charge < -0.3 is 15.7 Å². The molecule has 0 unspecified atom stereocenters. The van der Waals surface area contributed by atoms with E-state index in [0.29, 0.717) is 25.1 Å². The van der Waals surface area contributed by atoms with Crippen molar-refractivity contribution in [3.05, 3.63) is 35.1 Å². The van der Waals surface area contributed by atoms with Crippen LogP contribution in [0, 0.1) is 12.7 Å². The van der Waals surface area contributed by atoms with Gasteiger partial charge in [-0.3, -0.25) is 4.79 Å². The first-order valence-electron chi connectivity index (χ1n) is 6.00. The van der Waals surface area contributed by atoms with Crippen LogP contribution in [0.3, 0.4) is 0 Å². The molecule has 0 spiro atoms. The highest BCUT2D eigenvalue weighted by Gasteiger charge is 2.27. The fraction of sp³-hybridized carbons (Fsp3) is 0.462. The van der Waals surface area contributed by atoms with Gasteiger partial charge in [-0.05, 0) is 30.5 Å². The Kier molecular flexibility index (Phi) is 3.93. The lowest BCUT2D eigenvalue weighted by Crippen LogP contribution is -2.40. The molecule has 1 heterocycles. The summed E-state index contributed by atoms with van der Waals surface area (Å²) in [6, 6.07) is 4.43. The Morgan fingerprint density at radius 3 is 3.00 bits per heavy atom. The molecule has 4 nitrogen and oxygen atoms in total. The Morgan fingerprint density at radius 2 is 2.39 bits per heavy atom. The molecule has 98 valence electrons. The molecule has 1 aromatic carbocycles. The minimum atomic E-state index is -0.450. The maximum atomic E-state index is 13.1. The number of halogens is 1. The van der Waals surface area contributed by atoms with Crippen molar-refractivity contribution in [1.29, 1.82) is 0 Å². The van der Waals surface area contributed by atoms with E-state index in [1.54, 1.807) is 19.1 Å². The zero-order chi connectivity index (χ0) is 13.1. The molecule has 0 aliphatic carbocycles. The summed E-state index contributed by atoms with van der Waals surface area (Å²) in [7, 11) is 0. The van der Waals surface area contributed by atoms with Crippen molar-refractivity contribution >= 4 is 5.91 Å². The van der Waals surface area contributed by atoms with Gasteiger partial charge in [0, 0.05) is 13.1 Å². The molecule has 1 fully saturated rings. The zero-order valence-electron chi connectivity index (χ0n) is 10.2. The van der Waals surface area contributed by atoms with Crippen molar-refractivity contribution < 1.29 is 14.3 Å². The minimum Gasteiger partial charge on any atom is -0.392 e. The van der Waals surface area contributed by atoms with Crippen LogP contribution in [0.4, 0.5) is 4.39 Å². The fourth-order valence-corrected chi connectivity index (χ4v) is 2.05. The molecule has 0 aromatic heterocycles. The van der Waals surface area contributed by atoms with Crippen molar-refractivity contribution in [1.82, 2.24) is 10.6 Å². The molecule has 0 saturated carbocycles. The number of amides is 1. The molecule has 1 aliphatic heterocycles. The lowest BCUT2D eigenvalue weighted by atomic mass is 10.1. The molecule has 2 rings (SSSR count). The first-order chi connectivity index (χ1) is 8.56. The molecule has 2 atom stereocenters. The summed E-state index contributed by atoms with van der Waals surface area (Å²) >= 11 is 0. The third-order valence-corrected chi connectivity index (χ3v) is 3.11. The van der Waals surface area contributed by atoms with Crippen LogP contribution in [-0.4, -0.2) is 29.7 Å². The zero-order valence-corrected chi connectivity index (χ0v) is 10.2. The molecule has 1 saturated heterocycles. The highest BCUT2D eigenvalue weighted by molar-refractivity contribution is 5.82. The first kappa shape index (κ1) is 13.0. The second-order valence-corrected chi connectivity index (χ2v) is 4.65. The number of benzene rings is 1. The monoisotopic (exact) mass is 252 g/mol. The Balaban J connectivity index is 1.87. The molecule has 3 N–H and O–H groups in total. The molecular weight excluding hydrogens is 235 g/mol. The fourth-order valence-electron chi connectivity index (χ4n) is 2.05. The van der Waals surface area contributed by atoms with Gasteiger partial charge in [0.15, 0.2) is 0 Å². The molecule has 1 amide bonds.